The van der Waals surface area contributed by atoms with Crippen LogP contribution in [0.15, 0.2) is 18.2 Å². The second-order valence-electron chi connectivity index (χ2n) is 7.35. The molecule has 1 saturated heterocycles. The summed E-state index contributed by atoms with van der Waals surface area (Å²) in [5.74, 6) is -2.96. The molecule has 1 aliphatic heterocycles. The number of hydrogen-bond donors (Lipinski definition) is 1. The molecule has 0 bridgehead atoms. The molecule has 1 aromatic carbocycles. The van der Waals surface area contributed by atoms with Crippen molar-refractivity contribution in [1.29, 1.82) is 0 Å². The number of benzene rings is 1. The number of hydrogen-bond acceptors (Lipinski definition) is 4. The summed E-state index contributed by atoms with van der Waals surface area (Å²) in [6, 6.07) is 4.80. The maximum Gasteiger partial charge on any atom is 0.255 e. The number of carboxylic acids is 1. The molecule has 1 N–H and O–H groups in total. The number of nitrogens with one attached hydrogen (secondary N) is 1. The lowest BCUT2D eigenvalue weighted by Gasteiger charge is -2.31. The summed E-state index contributed by atoms with van der Waals surface area (Å²) in [5.41, 5.74) is 0.879. The number of carbonyl (C=O) groups is 3. The fourth-order valence-electron chi connectivity index (χ4n) is 4.00. The van der Waals surface area contributed by atoms with Gasteiger partial charge in [-0.25, -0.2) is 0 Å². The third-order valence-corrected chi connectivity index (χ3v) is 5.83. The highest BCUT2D eigenvalue weighted by atomic mass is 35.5. The van der Waals surface area contributed by atoms with Gasteiger partial charge in [0, 0.05) is 36.6 Å². The van der Waals surface area contributed by atoms with E-state index in [2.05, 4.69) is 5.32 Å². The van der Waals surface area contributed by atoms with E-state index in [4.69, 9.17) is 11.6 Å². The first-order chi connectivity index (χ1) is 13.0. The summed E-state index contributed by atoms with van der Waals surface area (Å²) in [5, 5.41) is 14.3. The van der Waals surface area contributed by atoms with Crippen LogP contribution in [0, 0.1) is 11.8 Å². The lowest BCUT2D eigenvalue weighted by atomic mass is 9.78. The van der Waals surface area contributed by atoms with Gasteiger partial charge >= 0.3 is 0 Å². The van der Waals surface area contributed by atoms with E-state index < -0.39 is 17.8 Å². The average molecular weight is 392 g/mol. The molecule has 146 valence electrons. The molecule has 1 aliphatic carbocycles. The number of nitrogens with zero attached hydrogens (tertiary/aromatic N) is 1. The van der Waals surface area contributed by atoms with E-state index in [1.807, 2.05) is 0 Å². The molecule has 1 saturated carbocycles. The molecule has 6 nitrogen and oxygen atoms in total. The van der Waals surface area contributed by atoms with Gasteiger partial charge in [0.25, 0.3) is 5.91 Å². The number of rotatable bonds is 4. The predicted molar refractivity (Wildman–Crippen MR) is 100 cm³/mol. The normalized spacial score (nSPS) is 22.9. The van der Waals surface area contributed by atoms with Gasteiger partial charge in [0.05, 0.1) is 10.6 Å². The molecule has 0 radical (unpaired) electrons. The van der Waals surface area contributed by atoms with Crippen LogP contribution in [0.25, 0.3) is 0 Å². The maximum atomic E-state index is 12.6. The number of likely N-dealkylation sites (tertiary alicyclic amines) is 1. The summed E-state index contributed by atoms with van der Waals surface area (Å²) < 4.78 is 0. The van der Waals surface area contributed by atoms with Gasteiger partial charge in [-0.1, -0.05) is 24.4 Å². The quantitative estimate of drug-likeness (QED) is 0.853. The van der Waals surface area contributed by atoms with Crippen molar-refractivity contribution in [2.75, 3.05) is 18.4 Å². The van der Waals surface area contributed by atoms with Crippen LogP contribution in [0.5, 0.6) is 0 Å². The average Bonchev–Trinajstić information content (AvgIpc) is 2.68. The number of halogens is 1. The van der Waals surface area contributed by atoms with Crippen molar-refractivity contribution >= 4 is 35.1 Å². The Morgan fingerprint density at radius 2 is 1.67 bits per heavy atom. The van der Waals surface area contributed by atoms with Crippen molar-refractivity contribution in [3.05, 3.63) is 28.8 Å². The first-order valence-electron chi connectivity index (χ1n) is 9.58. The molecule has 2 amide bonds. The zero-order chi connectivity index (χ0) is 19.4. The molecular formula is C20H24ClN2O4-. The molecule has 0 unspecified atom stereocenters. The van der Waals surface area contributed by atoms with Crippen LogP contribution in [0.2, 0.25) is 5.02 Å². The minimum Gasteiger partial charge on any atom is -0.550 e. The van der Waals surface area contributed by atoms with Gasteiger partial charge in [-0.15, -0.1) is 0 Å². The highest BCUT2D eigenvalue weighted by molar-refractivity contribution is 6.34. The topological polar surface area (TPSA) is 89.5 Å². The van der Waals surface area contributed by atoms with Crippen molar-refractivity contribution in [2.24, 2.45) is 11.8 Å². The summed E-state index contributed by atoms with van der Waals surface area (Å²) in [4.78, 5) is 38.2. The van der Waals surface area contributed by atoms with Crippen molar-refractivity contribution in [2.45, 2.75) is 44.9 Å². The molecule has 2 aliphatic rings. The first kappa shape index (κ1) is 19.7. The highest BCUT2D eigenvalue weighted by Gasteiger charge is 2.32. The minimum absolute atomic E-state index is 0.0955. The molecule has 2 fully saturated rings. The summed E-state index contributed by atoms with van der Waals surface area (Å²) in [7, 11) is 0. The summed E-state index contributed by atoms with van der Waals surface area (Å²) in [6.07, 6.45) is 5.75. The van der Waals surface area contributed by atoms with Crippen LogP contribution in [0.1, 0.15) is 55.3 Å². The lowest BCUT2D eigenvalue weighted by molar-refractivity contribution is -0.313. The molecule has 27 heavy (non-hydrogen) atoms. The zero-order valence-corrected chi connectivity index (χ0v) is 16.0. The number of aliphatic carboxylic acids is 1. The van der Waals surface area contributed by atoms with Gasteiger partial charge in [-0.05, 0) is 50.3 Å². The minimum atomic E-state index is -1.17. The van der Waals surface area contributed by atoms with Crippen molar-refractivity contribution < 1.29 is 19.5 Å². The van der Waals surface area contributed by atoms with E-state index in [1.54, 1.807) is 23.1 Å². The molecule has 1 aromatic rings. The van der Waals surface area contributed by atoms with E-state index in [0.29, 0.717) is 24.1 Å². The van der Waals surface area contributed by atoms with E-state index in [-0.39, 0.29) is 16.8 Å². The Kier molecular flexibility index (Phi) is 6.37. The smallest absolute Gasteiger partial charge is 0.255 e. The van der Waals surface area contributed by atoms with Crippen LogP contribution in [-0.2, 0) is 9.59 Å². The number of piperidine rings is 1. The van der Waals surface area contributed by atoms with Crippen LogP contribution in [0.3, 0.4) is 0 Å². The largest absolute Gasteiger partial charge is 0.550 e. The monoisotopic (exact) mass is 391 g/mol. The summed E-state index contributed by atoms with van der Waals surface area (Å²) in [6.45, 7) is 1.47. The first-order valence-corrected chi connectivity index (χ1v) is 9.95. The van der Waals surface area contributed by atoms with E-state index in [1.165, 1.54) is 0 Å². The van der Waals surface area contributed by atoms with Gasteiger partial charge in [-0.2, -0.15) is 0 Å². The van der Waals surface area contributed by atoms with Crippen LogP contribution >= 0.6 is 11.6 Å². The van der Waals surface area contributed by atoms with Crippen LogP contribution < -0.4 is 10.4 Å². The third-order valence-electron chi connectivity index (χ3n) is 5.52. The highest BCUT2D eigenvalue weighted by Crippen LogP contribution is 2.31. The molecule has 3 rings (SSSR count). The Hall–Kier alpha value is -2.08. The SMILES string of the molecule is O=C([O-])[C@H]1CCCC[C@H]1C(=O)Nc1ccc(C(=O)N2CCCCC2)c(Cl)c1. The lowest BCUT2D eigenvalue weighted by Crippen LogP contribution is -2.42. The van der Waals surface area contributed by atoms with E-state index in [0.717, 1.165) is 45.2 Å². The number of amides is 2. The molecule has 1 heterocycles. The second-order valence-corrected chi connectivity index (χ2v) is 7.76. The maximum absolute atomic E-state index is 12.6. The number of anilines is 1. The van der Waals surface area contributed by atoms with E-state index >= 15 is 0 Å². The second kappa shape index (κ2) is 8.74. The Bertz CT molecular complexity index is 731. The Balaban J connectivity index is 1.69. The Labute approximate surface area is 163 Å². The fraction of sp³-hybridized carbons (Fsp3) is 0.550. The van der Waals surface area contributed by atoms with Gasteiger partial charge in [0.1, 0.15) is 0 Å². The zero-order valence-electron chi connectivity index (χ0n) is 15.2. The molecule has 7 heteroatoms. The van der Waals surface area contributed by atoms with Gasteiger partial charge in [0.15, 0.2) is 0 Å². The number of carbonyl (C=O) groups excluding carboxylic acids is 3. The molecule has 0 spiro atoms. The van der Waals surface area contributed by atoms with Crippen molar-refractivity contribution in [3.63, 3.8) is 0 Å². The van der Waals surface area contributed by atoms with Crippen molar-refractivity contribution in [3.8, 4) is 0 Å². The molecule has 2 atom stereocenters. The standard InChI is InChI=1S/C20H25ClN2O4/c21-17-12-13(8-9-16(17)19(25)23-10-4-1-5-11-23)22-18(24)14-6-2-3-7-15(14)20(26)27/h8-9,12,14-15H,1-7,10-11H2,(H,22,24)(H,26,27)/p-1/t14-,15+/m1/s1. The van der Waals surface area contributed by atoms with Gasteiger partial charge in [0.2, 0.25) is 5.91 Å². The molecule has 0 aromatic heterocycles. The Morgan fingerprint density at radius 1 is 1.00 bits per heavy atom. The molecular weight excluding hydrogens is 368 g/mol. The third kappa shape index (κ3) is 4.61. The Morgan fingerprint density at radius 3 is 2.30 bits per heavy atom. The van der Waals surface area contributed by atoms with Crippen molar-refractivity contribution in [1.82, 2.24) is 4.90 Å². The van der Waals surface area contributed by atoms with Crippen LogP contribution in [-0.4, -0.2) is 35.8 Å². The van der Waals surface area contributed by atoms with E-state index in [9.17, 15) is 19.5 Å². The predicted octanol–water partition coefficient (Wildman–Crippen LogP) is 2.46. The van der Waals surface area contributed by atoms with Crippen LogP contribution in [0.4, 0.5) is 5.69 Å². The van der Waals surface area contributed by atoms with Gasteiger partial charge < -0.3 is 20.1 Å². The number of carboxylic acid groups (broad SMARTS) is 1. The van der Waals surface area contributed by atoms with Gasteiger partial charge in [-0.3, -0.25) is 9.59 Å². The fourth-order valence-corrected chi connectivity index (χ4v) is 4.26. The summed E-state index contributed by atoms with van der Waals surface area (Å²) >= 11 is 6.29.